The topological polar surface area (TPSA) is 32.3 Å². The predicted octanol–water partition coefficient (Wildman–Crippen LogP) is 2.69. The molecule has 1 aromatic heterocycles. The van der Waals surface area contributed by atoms with Crippen LogP contribution in [0.25, 0.3) is 11.0 Å². The Bertz CT molecular complexity index is 609. The molecule has 4 nitrogen and oxygen atoms in total. The lowest BCUT2D eigenvalue weighted by Crippen LogP contribution is -2.45. The normalized spacial score (nSPS) is 17.1. The molecular formula is C13H14Cl2N4. The van der Waals surface area contributed by atoms with Crippen LogP contribution in [-0.4, -0.2) is 48.1 Å². The third-order valence-electron chi connectivity index (χ3n) is 3.39. The highest BCUT2D eigenvalue weighted by Crippen LogP contribution is 2.28. The number of benzene rings is 1. The van der Waals surface area contributed by atoms with Crippen LogP contribution in [0.4, 0.5) is 5.82 Å². The minimum Gasteiger partial charge on any atom is -0.351 e. The second kappa shape index (κ2) is 5.12. The van der Waals surface area contributed by atoms with Crippen molar-refractivity contribution < 1.29 is 0 Å². The summed E-state index contributed by atoms with van der Waals surface area (Å²) in [6.07, 6.45) is 0. The number of fused-ring (bicyclic) bond motifs is 1. The molecule has 3 rings (SSSR count). The van der Waals surface area contributed by atoms with Crippen LogP contribution in [0.3, 0.4) is 0 Å². The first-order chi connectivity index (χ1) is 9.15. The van der Waals surface area contributed by atoms with Crippen LogP contribution in [0.2, 0.25) is 10.2 Å². The van der Waals surface area contributed by atoms with Crippen molar-refractivity contribution in [2.45, 2.75) is 0 Å². The predicted molar refractivity (Wildman–Crippen MR) is 79.3 cm³/mol. The van der Waals surface area contributed by atoms with Gasteiger partial charge in [0.25, 0.3) is 0 Å². The summed E-state index contributed by atoms with van der Waals surface area (Å²) < 4.78 is 0. The largest absolute Gasteiger partial charge is 0.351 e. The smallest absolute Gasteiger partial charge is 0.172 e. The van der Waals surface area contributed by atoms with E-state index in [9.17, 15) is 0 Å². The molecule has 1 aliphatic heterocycles. The summed E-state index contributed by atoms with van der Waals surface area (Å²) in [5.41, 5.74) is 1.44. The van der Waals surface area contributed by atoms with Crippen molar-refractivity contribution in [3.8, 4) is 0 Å². The molecule has 0 atom stereocenters. The van der Waals surface area contributed by atoms with Crippen molar-refractivity contribution in [2.75, 3.05) is 38.1 Å². The van der Waals surface area contributed by atoms with Crippen molar-refractivity contribution in [3.63, 3.8) is 0 Å². The maximum absolute atomic E-state index is 6.25. The van der Waals surface area contributed by atoms with Crippen molar-refractivity contribution >= 4 is 40.1 Å². The van der Waals surface area contributed by atoms with Crippen molar-refractivity contribution in [2.24, 2.45) is 0 Å². The van der Waals surface area contributed by atoms with Gasteiger partial charge in [0.15, 0.2) is 11.0 Å². The van der Waals surface area contributed by atoms with E-state index in [4.69, 9.17) is 23.2 Å². The molecule has 2 heterocycles. The van der Waals surface area contributed by atoms with Crippen LogP contribution in [0, 0.1) is 0 Å². The van der Waals surface area contributed by atoms with E-state index in [1.54, 1.807) is 0 Å². The Morgan fingerprint density at radius 1 is 1.05 bits per heavy atom. The summed E-state index contributed by atoms with van der Waals surface area (Å²) in [4.78, 5) is 13.4. The van der Waals surface area contributed by atoms with Gasteiger partial charge in [-0.2, -0.15) is 0 Å². The highest BCUT2D eigenvalue weighted by Gasteiger charge is 2.19. The average molecular weight is 297 g/mol. The molecule has 19 heavy (non-hydrogen) atoms. The van der Waals surface area contributed by atoms with Crippen molar-refractivity contribution in [1.82, 2.24) is 14.9 Å². The first-order valence-electron chi connectivity index (χ1n) is 6.20. The molecule has 0 spiro atoms. The zero-order chi connectivity index (χ0) is 13.4. The number of para-hydroxylation sites is 1. The van der Waals surface area contributed by atoms with Gasteiger partial charge in [0, 0.05) is 26.2 Å². The van der Waals surface area contributed by atoms with Gasteiger partial charge in [-0.25, -0.2) is 9.97 Å². The SMILES string of the molecule is CN1CCN(c2nc3c(Cl)cccc3nc2Cl)CC1. The Balaban J connectivity index is 2.03. The Hall–Kier alpha value is -1.10. The van der Waals surface area contributed by atoms with E-state index in [-0.39, 0.29) is 0 Å². The first-order valence-corrected chi connectivity index (χ1v) is 6.96. The lowest BCUT2D eigenvalue weighted by Gasteiger charge is -2.33. The summed E-state index contributed by atoms with van der Waals surface area (Å²) >= 11 is 12.4. The number of hydrogen-bond donors (Lipinski definition) is 0. The fourth-order valence-electron chi connectivity index (χ4n) is 2.23. The van der Waals surface area contributed by atoms with Gasteiger partial charge in [-0.05, 0) is 19.2 Å². The van der Waals surface area contributed by atoms with Crippen molar-refractivity contribution in [1.29, 1.82) is 0 Å². The van der Waals surface area contributed by atoms with Crippen LogP contribution >= 0.6 is 23.2 Å². The molecule has 0 N–H and O–H groups in total. The van der Waals surface area contributed by atoms with Gasteiger partial charge in [-0.15, -0.1) is 0 Å². The van der Waals surface area contributed by atoms with Gasteiger partial charge in [-0.1, -0.05) is 29.3 Å². The number of likely N-dealkylation sites (N-methyl/N-ethyl adjacent to an activating group) is 1. The monoisotopic (exact) mass is 296 g/mol. The molecule has 0 radical (unpaired) electrons. The molecule has 1 aliphatic rings. The fourth-order valence-corrected chi connectivity index (χ4v) is 2.70. The van der Waals surface area contributed by atoms with Crippen LogP contribution in [-0.2, 0) is 0 Å². The second-order valence-corrected chi connectivity index (χ2v) is 5.50. The highest BCUT2D eigenvalue weighted by molar-refractivity contribution is 6.35. The number of nitrogens with zero attached hydrogens (tertiary/aromatic N) is 4. The molecule has 0 unspecified atom stereocenters. The quantitative estimate of drug-likeness (QED) is 0.810. The Kier molecular flexibility index (Phi) is 3.48. The molecule has 1 fully saturated rings. The van der Waals surface area contributed by atoms with Crippen LogP contribution in [0.1, 0.15) is 0 Å². The van der Waals surface area contributed by atoms with Gasteiger partial charge in [-0.3, -0.25) is 0 Å². The van der Waals surface area contributed by atoms with Gasteiger partial charge in [0.2, 0.25) is 0 Å². The summed E-state index contributed by atoms with van der Waals surface area (Å²) in [7, 11) is 2.11. The average Bonchev–Trinajstić information content (AvgIpc) is 2.40. The fraction of sp³-hybridized carbons (Fsp3) is 0.385. The highest BCUT2D eigenvalue weighted by atomic mass is 35.5. The van der Waals surface area contributed by atoms with E-state index in [1.165, 1.54) is 0 Å². The molecule has 0 saturated carbocycles. The molecule has 0 bridgehead atoms. The maximum atomic E-state index is 6.25. The molecule has 0 aliphatic carbocycles. The number of aromatic nitrogens is 2. The summed E-state index contributed by atoms with van der Waals surface area (Å²) in [6, 6.07) is 5.54. The van der Waals surface area contributed by atoms with Crippen molar-refractivity contribution in [3.05, 3.63) is 28.4 Å². The van der Waals surface area contributed by atoms with E-state index in [1.807, 2.05) is 18.2 Å². The standard InChI is InChI=1S/C13H14Cl2N4/c1-18-5-7-19(8-6-18)13-12(15)16-10-4-2-3-9(14)11(10)17-13/h2-4H,5-8H2,1H3. The number of halogens is 2. The Morgan fingerprint density at radius 2 is 1.79 bits per heavy atom. The van der Waals surface area contributed by atoms with Crippen LogP contribution in [0.15, 0.2) is 18.2 Å². The Labute approximate surface area is 121 Å². The summed E-state index contributed by atoms with van der Waals surface area (Å²) in [5.74, 6) is 0.732. The molecule has 1 saturated heterocycles. The lowest BCUT2D eigenvalue weighted by molar-refractivity contribution is 0.312. The molecule has 100 valence electrons. The number of hydrogen-bond acceptors (Lipinski definition) is 4. The molecule has 6 heteroatoms. The molecule has 2 aromatic rings. The van der Waals surface area contributed by atoms with E-state index in [0.717, 1.165) is 37.5 Å². The van der Waals surface area contributed by atoms with Crippen LogP contribution < -0.4 is 4.90 Å². The third-order valence-corrected chi connectivity index (χ3v) is 3.95. The van der Waals surface area contributed by atoms with E-state index in [2.05, 4.69) is 26.8 Å². The molecule has 0 amide bonds. The van der Waals surface area contributed by atoms with E-state index < -0.39 is 0 Å². The number of anilines is 1. The first kappa shape index (κ1) is 12.9. The minimum absolute atomic E-state index is 0.444. The van der Waals surface area contributed by atoms with E-state index in [0.29, 0.717) is 15.7 Å². The van der Waals surface area contributed by atoms with Gasteiger partial charge >= 0.3 is 0 Å². The molecular weight excluding hydrogens is 283 g/mol. The van der Waals surface area contributed by atoms with Gasteiger partial charge in [0.05, 0.1) is 10.5 Å². The van der Waals surface area contributed by atoms with Gasteiger partial charge in [0.1, 0.15) is 5.52 Å². The third kappa shape index (κ3) is 2.48. The summed E-state index contributed by atoms with van der Waals surface area (Å²) in [5, 5.41) is 1.05. The Morgan fingerprint density at radius 3 is 2.53 bits per heavy atom. The zero-order valence-electron chi connectivity index (χ0n) is 10.6. The van der Waals surface area contributed by atoms with Crippen LogP contribution in [0.5, 0.6) is 0 Å². The second-order valence-electron chi connectivity index (χ2n) is 4.74. The summed E-state index contributed by atoms with van der Waals surface area (Å²) in [6.45, 7) is 3.80. The van der Waals surface area contributed by atoms with Gasteiger partial charge < -0.3 is 9.80 Å². The zero-order valence-corrected chi connectivity index (χ0v) is 12.1. The number of piperazine rings is 1. The lowest BCUT2D eigenvalue weighted by atomic mass is 10.3. The minimum atomic E-state index is 0.444. The maximum Gasteiger partial charge on any atom is 0.172 e. The van der Waals surface area contributed by atoms with E-state index >= 15 is 0 Å². The molecule has 1 aromatic carbocycles. The number of rotatable bonds is 1.